The molecule has 0 unspecified atom stereocenters. The van der Waals surface area contributed by atoms with E-state index in [4.69, 9.17) is 0 Å². The molecule has 0 aliphatic rings. The van der Waals surface area contributed by atoms with E-state index >= 15 is 0 Å². The number of aromatic hydroxyl groups is 1. The number of phenols is 1. The van der Waals surface area contributed by atoms with Gasteiger partial charge in [-0.25, -0.2) is 17.9 Å². The third-order valence-electron chi connectivity index (χ3n) is 3.23. The zero-order valence-electron chi connectivity index (χ0n) is 12.6. The number of aryl methyl sites for hydroxylation is 1. The molecule has 0 atom stereocenters. The highest BCUT2D eigenvalue weighted by molar-refractivity contribution is 7.90. The van der Waals surface area contributed by atoms with E-state index in [1.807, 2.05) is 11.6 Å². The molecule has 2 aromatic rings. The Labute approximate surface area is 135 Å². The Morgan fingerprint density at radius 3 is 2.39 bits per heavy atom. The van der Waals surface area contributed by atoms with Crippen LogP contribution in [0, 0.1) is 6.92 Å². The van der Waals surface area contributed by atoms with Gasteiger partial charge < -0.3 is 10.4 Å². The van der Waals surface area contributed by atoms with Gasteiger partial charge in [-0.05, 0) is 37.1 Å². The summed E-state index contributed by atoms with van der Waals surface area (Å²) >= 11 is 0. The third-order valence-corrected chi connectivity index (χ3v) is 4.58. The lowest BCUT2D eigenvalue weighted by atomic mass is 10.1. The molecular formula is C16H18N2O4S. The van der Waals surface area contributed by atoms with Gasteiger partial charge in [-0.3, -0.25) is 0 Å². The lowest BCUT2D eigenvalue weighted by Gasteiger charge is -2.09. The van der Waals surface area contributed by atoms with Crippen molar-refractivity contribution in [3.05, 3.63) is 59.7 Å². The van der Waals surface area contributed by atoms with Crippen molar-refractivity contribution in [2.75, 3.05) is 6.54 Å². The van der Waals surface area contributed by atoms with E-state index in [0.717, 1.165) is 5.56 Å². The van der Waals surface area contributed by atoms with Crippen LogP contribution < -0.4 is 10.0 Å². The second kappa shape index (κ2) is 7.15. The summed E-state index contributed by atoms with van der Waals surface area (Å²) in [6, 6.07) is 12.1. The molecule has 0 bridgehead atoms. The van der Waals surface area contributed by atoms with Crippen molar-refractivity contribution >= 4 is 16.1 Å². The third kappa shape index (κ3) is 4.72. The van der Waals surface area contributed by atoms with Crippen molar-refractivity contribution in [3.63, 3.8) is 0 Å². The summed E-state index contributed by atoms with van der Waals surface area (Å²) in [5.41, 5.74) is 1.60. The van der Waals surface area contributed by atoms with Gasteiger partial charge in [0.1, 0.15) is 5.75 Å². The van der Waals surface area contributed by atoms with Crippen molar-refractivity contribution in [1.29, 1.82) is 0 Å². The quantitative estimate of drug-likeness (QED) is 0.778. The number of benzene rings is 2. The maximum atomic E-state index is 12.0. The van der Waals surface area contributed by atoms with Gasteiger partial charge in [0.15, 0.2) is 0 Å². The summed E-state index contributed by atoms with van der Waals surface area (Å²) in [4.78, 5) is 11.7. The van der Waals surface area contributed by atoms with Crippen LogP contribution >= 0.6 is 0 Å². The number of phenolic OH excluding ortho intramolecular Hbond substituents is 1. The Hall–Kier alpha value is -2.54. The summed E-state index contributed by atoms with van der Waals surface area (Å²) in [6.07, 6.45) is 0.394. The number of hydrogen-bond acceptors (Lipinski definition) is 4. The van der Waals surface area contributed by atoms with Crippen molar-refractivity contribution < 1.29 is 18.3 Å². The summed E-state index contributed by atoms with van der Waals surface area (Å²) in [7, 11) is -3.89. The van der Waals surface area contributed by atoms with Crippen molar-refractivity contribution in [2.24, 2.45) is 0 Å². The maximum absolute atomic E-state index is 12.0. The number of amides is 2. The monoisotopic (exact) mass is 334 g/mol. The molecular weight excluding hydrogens is 316 g/mol. The number of rotatable bonds is 5. The summed E-state index contributed by atoms with van der Waals surface area (Å²) in [5, 5.41) is 12.1. The van der Waals surface area contributed by atoms with Gasteiger partial charge in [-0.2, -0.15) is 0 Å². The van der Waals surface area contributed by atoms with Crippen LogP contribution in [0.25, 0.3) is 0 Å². The highest BCUT2D eigenvalue weighted by Crippen LogP contribution is 2.15. The Kier molecular flexibility index (Phi) is 5.23. The summed E-state index contributed by atoms with van der Waals surface area (Å²) in [5.74, 6) is 0.141. The number of carbonyl (C=O) groups excluding carboxylic acids is 1. The van der Waals surface area contributed by atoms with Crippen LogP contribution in [0.15, 0.2) is 53.4 Å². The van der Waals surface area contributed by atoms with Gasteiger partial charge in [0.25, 0.3) is 10.0 Å². The first kappa shape index (κ1) is 16.8. The first-order valence-corrected chi connectivity index (χ1v) is 8.51. The Bertz CT molecular complexity index is 786. The van der Waals surface area contributed by atoms with E-state index in [0.29, 0.717) is 12.0 Å². The van der Waals surface area contributed by atoms with Gasteiger partial charge in [-0.15, -0.1) is 0 Å². The summed E-state index contributed by atoms with van der Waals surface area (Å²) in [6.45, 7) is 2.04. The number of urea groups is 1. The molecule has 2 aromatic carbocycles. The average molecular weight is 334 g/mol. The Morgan fingerprint density at radius 1 is 1.09 bits per heavy atom. The van der Waals surface area contributed by atoms with E-state index in [1.165, 1.54) is 12.1 Å². The van der Waals surface area contributed by atoms with Crippen LogP contribution in [0.4, 0.5) is 4.79 Å². The fraction of sp³-hybridized carbons (Fsp3) is 0.188. The molecule has 0 aliphatic heterocycles. The number of nitrogens with one attached hydrogen (secondary N) is 2. The molecule has 0 aromatic heterocycles. The molecule has 0 fully saturated rings. The molecule has 0 saturated carbocycles. The minimum Gasteiger partial charge on any atom is -0.508 e. The molecule has 0 spiro atoms. The van der Waals surface area contributed by atoms with Gasteiger partial charge in [0, 0.05) is 6.54 Å². The van der Waals surface area contributed by atoms with Crippen LogP contribution in [0.2, 0.25) is 0 Å². The minimum absolute atomic E-state index is 0.0268. The zero-order valence-corrected chi connectivity index (χ0v) is 13.4. The largest absolute Gasteiger partial charge is 0.508 e. The predicted molar refractivity (Wildman–Crippen MR) is 86.7 cm³/mol. The maximum Gasteiger partial charge on any atom is 0.328 e. The van der Waals surface area contributed by atoms with Gasteiger partial charge >= 0.3 is 6.03 Å². The lowest BCUT2D eigenvalue weighted by Crippen LogP contribution is -2.40. The second-order valence-electron chi connectivity index (χ2n) is 5.05. The highest BCUT2D eigenvalue weighted by atomic mass is 32.2. The molecule has 0 aliphatic carbocycles. The molecule has 7 heteroatoms. The van der Waals surface area contributed by atoms with E-state index in [1.54, 1.807) is 36.4 Å². The first-order valence-electron chi connectivity index (χ1n) is 7.03. The molecule has 23 heavy (non-hydrogen) atoms. The normalized spacial score (nSPS) is 11.0. The molecule has 0 saturated heterocycles. The standard InChI is InChI=1S/C16H18N2O4S/c1-12-6-8-14(9-7-12)23(21,22)18-16(20)17-11-10-13-4-2-3-5-15(13)19/h2-9,19H,10-11H2,1H3,(H2,17,18,20). The predicted octanol–water partition coefficient (Wildman–Crippen LogP) is 1.93. The topological polar surface area (TPSA) is 95.5 Å². The molecule has 6 nitrogen and oxygen atoms in total. The van der Waals surface area contributed by atoms with Crippen LogP contribution in [-0.4, -0.2) is 26.1 Å². The van der Waals surface area contributed by atoms with E-state index in [9.17, 15) is 18.3 Å². The molecule has 0 heterocycles. The number of hydrogen-bond donors (Lipinski definition) is 3. The van der Waals surface area contributed by atoms with Crippen molar-refractivity contribution in [1.82, 2.24) is 10.0 Å². The molecule has 122 valence electrons. The number of sulfonamides is 1. The van der Waals surface area contributed by atoms with Crippen molar-refractivity contribution in [2.45, 2.75) is 18.2 Å². The van der Waals surface area contributed by atoms with Crippen molar-refractivity contribution in [3.8, 4) is 5.75 Å². The van der Waals surface area contributed by atoms with Crippen LogP contribution in [0.1, 0.15) is 11.1 Å². The van der Waals surface area contributed by atoms with Crippen LogP contribution in [0.3, 0.4) is 0 Å². The van der Waals surface area contributed by atoms with E-state index in [-0.39, 0.29) is 17.2 Å². The van der Waals surface area contributed by atoms with Crippen LogP contribution in [-0.2, 0) is 16.4 Å². The van der Waals surface area contributed by atoms with Crippen LogP contribution in [0.5, 0.6) is 5.75 Å². The molecule has 0 radical (unpaired) electrons. The number of carbonyl (C=O) groups is 1. The molecule has 2 amide bonds. The molecule has 2 rings (SSSR count). The molecule has 3 N–H and O–H groups in total. The van der Waals surface area contributed by atoms with Gasteiger partial charge in [0.2, 0.25) is 0 Å². The van der Waals surface area contributed by atoms with Gasteiger partial charge in [-0.1, -0.05) is 35.9 Å². The first-order chi connectivity index (χ1) is 10.9. The Balaban J connectivity index is 1.89. The minimum atomic E-state index is -3.89. The second-order valence-corrected chi connectivity index (χ2v) is 6.74. The lowest BCUT2D eigenvalue weighted by molar-refractivity contribution is 0.246. The fourth-order valence-electron chi connectivity index (χ4n) is 1.97. The van der Waals surface area contributed by atoms with Gasteiger partial charge in [0.05, 0.1) is 4.90 Å². The SMILES string of the molecule is Cc1ccc(S(=O)(=O)NC(=O)NCCc2ccccc2O)cc1. The smallest absolute Gasteiger partial charge is 0.328 e. The highest BCUT2D eigenvalue weighted by Gasteiger charge is 2.16. The average Bonchev–Trinajstić information content (AvgIpc) is 2.49. The van der Waals surface area contributed by atoms with E-state index < -0.39 is 16.1 Å². The Morgan fingerprint density at radius 2 is 1.74 bits per heavy atom. The fourth-order valence-corrected chi connectivity index (χ4v) is 2.90. The van der Waals surface area contributed by atoms with E-state index in [2.05, 4.69) is 5.32 Å². The number of para-hydroxylation sites is 1. The zero-order chi connectivity index (χ0) is 16.9. The summed E-state index contributed by atoms with van der Waals surface area (Å²) < 4.78 is 26.0.